The predicted octanol–water partition coefficient (Wildman–Crippen LogP) is 2.23. The first kappa shape index (κ1) is 11.2. The Morgan fingerprint density at radius 1 is 1.17 bits per heavy atom. The zero-order valence-electron chi connectivity index (χ0n) is 9.81. The largest absolute Gasteiger partial charge is 0.392 e. The normalized spacial score (nSPS) is 13.8. The summed E-state index contributed by atoms with van der Waals surface area (Å²) in [6, 6.07) is 9.56. The molecule has 3 nitrogen and oxygen atoms in total. The number of benzene rings is 1. The number of pyridine rings is 1. The minimum Gasteiger partial charge on any atom is -0.392 e. The number of fused-ring (bicyclic) bond motifs is 1. The molecule has 1 aliphatic rings. The van der Waals surface area contributed by atoms with Gasteiger partial charge in [-0.3, -0.25) is 0 Å². The fourth-order valence-corrected chi connectivity index (χ4v) is 2.30. The Balaban J connectivity index is 1.95. The van der Waals surface area contributed by atoms with Gasteiger partial charge in [-0.25, -0.2) is 9.37 Å². The van der Waals surface area contributed by atoms with Crippen LogP contribution in [-0.2, 0) is 19.7 Å². The van der Waals surface area contributed by atoms with Crippen LogP contribution in [0.4, 0.5) is 10.2 Å². The molecule has 1 aliphatic heterocycles. The Labute approximate surface area is 105 Å². The van der Waals surface area contributed by atoms with E-state index in [2.05, 4.69) is 4.98 Å². The van der Waals surface area contributed by atoms with Crippen LogP contribution in [0.3, 0.4) is 0 Å². The van der Waals surface area contributed by atoms with E-state index in [1.165, 1.54) is 23.4 Å². The lowest BCUT2D eigenvalue weighted by Gasteiger charge is -2.18. The summed E-state index contributed by atoms with van der Waals surface area (Å²) in [4.78, 5) is 5.98. The molecule has 1 aromatic carbocycles. The van der Waals surface area contributed by atoms with Gasteiger partial charge in [0.15, 0.2) is 11.6 Å². The van der Waals surface area contributed by atoms with Crippen LogP contribution < -0.4 is 4.90 Å². The van der Waals surface area contributed by atoms with Gasteiger partial charge in [-0.2, -0.15) is 0 Å². The lowest BCUT2D eigenvalue weighted by atomic mass is 10.1. The van der Waals surface area contributed by atoms with E-state index in [0.717, 1.165) is 0 Å². The smallest absolute Gasteiger partial charge is 0.171 e. The summed E-state index contributed by atoms with van der Waals surface area (Å²) in [5.41, 5.74) is 2.69. The first-order valence-electron chi connectivity index (χ1n) is 5.85. The van der Waals surface area contributed by atoms with Crippen molar-refractivity contribution in [2.24, 2.45) is 0 Å². The van der Waals surface area contributed by atoms with Gasteiger partial charge in [0.2, 0.25) is 0 Å². The van der Waals surface area contributed by atoms with E-state index < -0.39 is 5.82 Å². The molecule has 4 heteroatoms. The van der Waals surface area contributed by atoms with Gasteiger partial charge in [0.25, 0.3) is 0 Å². The van der Waals surface area contributed by atoms with Crippen molar-refractivity contribution in [3.05, 3.63) is 59.0 Å². The molecule has 1 aromatic heterocycles. The average Bonchev–Trinajstić information content (AvgIpc) is 2.82. The molecular weight excluding hydrogens is 231 g/mol. The highest BCUT2D eigenvalue weighted by molar-refractivity contribution is 5.49. The molecule has 0 bridgehead atoms. The van der Waals surface area contributed by atoms with E-state index in [-0.39, 0.29) is 12.2 Å². The highest BCUT2D eigenvalue weighted by atomic mass is 19.1. The number of nitrogens with zero attached hydrogens (tertiary/aromatic N) is 2. The van der Waals surface area contributed by atoms with E-state index >= 15 is 0 Å². The van der Waals surface area contributed by atoms with E-state index in [9.17, 15) is 4.39 Å². The zero-order valence-corrected chi connectivity index (χ0v) is 9.81. The van der Waals surface area contributed by atoms with Crippen LogP contribution in [0.1, 0.15) is 16.7 Å². The number of rotatable bonds is 2. The second kappa shape index (κ2) is 4.38. The summed E-state index contributed by atoms with van der Waals surface area (Å²) in [6.07, 6.45) is 1.53. The molecule has 0 amide bonds. The van der Waals surface area contributed by atoms with Crippen molar-refractivity contribution in [3.63, 3.8) is 0 Å². The molecule has 0 aliphatic carbocycles. The molecule has 3 rings (SSSR count). The summed E-state index contributed by atoms with van der Waals surface area (Å²) in [6.45, 7) is 1.02. The van der Waals surface area contributed by atoms with Crippen molar-refractivity contribution in [2.45, 2.75) is 19.7 Å². The van der Waals surface area contributed by atoms with Crippen LogP contribution in [0, 0.1) is 5.82 Å². The number of aromatic nitrogens is 1. The summed E-state index contributed by atoms with van der Waals surface area (Å²) >= 11 is 0. The highest BCUT2D eigenvalue weighted by Gasteiger charge is 2.23. The van der Waals surface area contributed by atoms with Gasteiger partial charge in [0.1, 0.15) is 0 Å². The van der Waals surface area contributed by atoms with Crippen molar-refractivity contribution in [3.8, 4) is 0 Å². The van der Waals surface area contributed by atoms with Crippen molar-refractivity contribution in [1.82, 2.24) is 4.98 Å². The Morgan fingerprint density at radius 2 is 1.83 bits per heavy atom. The number of aliphatic hydroxyl groups is 1. The minimum absolute atomic E-state index is 0.288. The number of halogens is 1. The summed E-state index contributed by atoms with van der Waals surface area (Å²) in [5, 5.41) is 9.07. The van der Waals surface area contributed by atoms with Gasteiger partial charge in [0, 0.05) is 24.8 Å². The van der Waals surface area contributed by atoms with Crippen LogP contribution in [0.15, 0.2) is 36.5 Å². The molecule has 0 radical (unpaired) electrons. The average molecular weight is 244 g/mol. The number of aliphatic hydroxyl groups excluding tert-OH is 1. The number of anilines is 1. The molecule has 0 spiro atoms. The predicted molar refractivity (Wildman–Crippen MR) is 66.4 cm³/mol. The third kappa shape index (κ3) is 1.75. The van der Waals surface area contributed by atoms with E-state index in [1.54, 1.807) is 0 Å². The Morgan fingerprint density at radius 3 is 2.44 bits per heavy atom. The summed E-state index contributed by atoms with van der Waals surface area (Å²) in [7, 11) is 0. The fraction of sp³-hybridized carbons (Fsp3) is 0.214. The molecule has 0 atom stereocenters. The summed E-state index contributed by atoms with van der Waals surface area (Å²) < 4.78 is 14.1. The Kier molecular flexibility index (Phi) is 2.72. The van der Waals surface area contributed by atoms with Gasteiger partial charge in [-0.05, 0) is 17.2 Å². The molecule has 0 saturated heterocycles. The number of hydrogen-bond donors (Lipinski definition) is 1. The Bertz CT molecular complexity index is 561. The van der Waals surface area contributed by atoms with Crippen molar-refractivity contribution in [2.75, 3.05) is 4.90 Å². The first-order chi connectivity index (χ1) is 8.79. The van der Waals surface area contributed by atoms with E-state index in [0.29, 0.717) is 18.9 Å². The van der Waals surface area contributed by atoms with Crippen molar-refractivity contribution >= 4 is 5.82 Å². The molecule has 1 N–H and O–H groups in total. The van der Waals surface area contributed by atoms with Gasteiger partial charge in [-0.15, -0.1) is 0 Å². The van der Waals surface area contributed by atoms with Gasteiger partial charge >= 0.3 is 0 Å². The molecule has 92 valence electrons. The second-order valence-electron chi connectivity index (χ2n) is 4.39. The second-order valence-corrected chi connectivity index (χ2v) is 4.39. The third-order valence-electron chi connectivity index (χ3n) is 3.26. The van der Waals surface area contributed by atoms with Crippen LogP contribution in [0.25, 0.3) is 0 Å². The molecular formula is C14H13FN2O. The maximum atomic E-state index is 14.1. The van der Waals surface area contributed by atoms with Gasteiger partial charge in [0.05, 0.1) is 6.61 Å². The van der Waals surface area contributed by atoms with Crippen LogP contribution in [0.2, 0.25) is 0 Å². The topological polar surface area (TPSA) is 36.4 Å². The minimum atomic E-state index is -0.423. The van der Waals surface area contributed by atoms with Gasteiger partial charge < -0.3 is 10.0 Å². The lowest BCUT2D eigenvalue weighted by Crippen LogP contribution is -2.18. The molecule has 2 aromatic rings. The molecule has 0 saturated carbocycles. The molecule has 0 unspecified atom stereocenters. The standard InChI is InChI=1S/C14H13FN2O/c15-13-12(9-18)5-6-16-14(13)17-7-10-3-1-2-4-11(10)8-17/h1-6,18H,7-9H2. The Hall–Kier alpha value is -1.94. The molecule has 2 heterocycles. The zero-order chi connectivity index (χ0) is 12.5. The van der Waals surface area contributed by atoms with Crippen LogP contribution in [0.5, 0.6) is 0 Å². The quantitative estimate of drug-likeness (QED) is 0.880. The molecule has 0 fully saturated rings. The third-order valence-corrected chi connectivity index (χ3v) is 3.26. The summed E-state index contributed by atoms with van der Waals surface area (Å²) in [5.74, 6) is -0.106. The SMILES string of the molecule is OCc1ccnc(N2Cc3ccccc3C2)c1F. The van der Waals surface area contributed by atoms with Gasteiger partial charge in [-0.1, -0.05) is 24.3 Å². The fourth-order valence-electron chi connectivity index (χ4n) is 2.30. The lowest BCUT2D eigenvalue weighted by molar-refractivity contribution is 0.275. The first-order valence-corrected chi connectivity index (χ1v) is 5.85. The van der Waals surface area contributed by atoms with E-state index in [4.69, 9.17) is 5.11 Å². The molecule has 18 heavy (non-hydrogen) atoms. The monoisotopic (exact) mass is 244 g/mol. The van der Waals surface area contributed by atoms with Crippen LogP contribution >= 0.6 is 0 Å². The maximum Gasteiger partial charge on any atom is 0.171 e. The van der Waals surface area contributed by atoms with Crippen LogP contribution in [-0.4, -0.2) is 10.1 Å². The van der Waals surface area contributed by atoms with E-state index in [1.807, 2.05) is 29.2 Å². The highest BCUT2D eigenvalue weighted by Crippen LogP contribution is 2.29. The number of hydrogen-bond acceptors (Lipinski definition) is 3. The van der Waals surface area contributed by atoms with Crippen molar-refractivity contribution < 1.29 is 9.50 Å². The van der Waals surface area contributed by atoms with Crippen molar-refractivity contribution in [1.29, 1.82) is 0 Å². The maximum absolute atomic E-state index is 14.1.